The molecule has 1 N–H and O–H groups in total. The fourth-order valence-corrected chi connectivity index (χ4v) is 3.25. The first kappa shape index (κ1) is 14.1. The van der Waals surface area contributed by atoms with E-state index in [1.165, 1.54) is 5.57 Å². The van der Waals surface area contributed by atoms with Crippen molar-refractivity contribution < 1.29 is 0 Å². The van der Waals surface area contributed by atoms with Crippen LogP contribution in [0.4, 0.5) is 5.69 Å². The van der Waals surface area contributed by atoms with Gasteiger partial charge < -0.3 is 5.32 Å². The average Bonchev–Trinajstić information content (AvgIpc) is 2.36. The molecule has 3 heteroatoms. The molecule has 3 atom stereocenters. The molecule has 0 radical (unpaired) electrons. The van der Waals surface area contributed by atoms with E-state index >= 15 is 0 Å². The first-order valence-electron chi connectivity index (χ1n) is 6.68. The van der Waals surface area contributed by atoms with Gasteiger partial charge in [-0.3, -0.25) is 0 Å². The van der Waals surface area contributed by atoms with E-state index in [2.05, 4.69) is 47.2 Å². The molecule has 2 rings (SSSR count). The Morgan fingerprint density at radius 3 is 2.79 bits per heavy atom. The predicted octanol–water partition coefficient (Wildman–Crippen LogP) is 4.75. The summed E-state index contributed by atoms with van der Waals surface area (Å²) >= 11 is 3.52. The van der Waals surface area contributed by atoms with Crippen LogP contribution in [0, 0.1) is 23.2 Å². The molecule has 1 aromatic rings. The van der Waals surface area contributed by atoms with E-state index in [-0.39, 0.29) is 6.04 Å². The van der Waals surface area contributed by atoms with E-state index in [4.69, 9.17) is 0 Å². The normalized spacial score (nSPS) is 24.2. The maximum atomic E-state index is 9.46. The molecule has 0 amide bonds. The molecule has 1 aliphatic carbocycles. The van der Waals surface area contributed by atoms with Gasteiger partial charge in [-0.15, -0.1) is 0 Å². The molecule has 0 spiro atoms. The molecule has 19 heavy (non-hydrogen) atoms. The zero-order chi connectivity index (χ0) is 13.8. The summed E-state index contributed by atoms with van der Waals surface area (Å²) in [5, 5.41) is 12.8. The second kappa shape index (κ2) is 6.25. The molecule has 1 aliphatic rings. The standard InChI is InChI=1S/C16H19BrN2/c1-11-7-12(2)9-13(8-11)16(10-18)19-15-6-4-3-5-14(15)17/h3-7,11,13,16,19H,8-9H2,1-2H3. The van der Waals surface area contributed by atoms with Crippen molar-refractivity contribution in [1.82, 2.24) is 0 Å². The Kier molecular flexibility index (Phi) is 4.66. The van der Waals surface area contributed by atoms with Gasteiger partial charge in [0.2, 0.25) is 0 Å². The van der Waals surface area contributed by atoms with Crippen molar-refractivity contribution in [1.29, 1.82) is 5.26 Å². The lowest BCUT2D eigenvalue weighted by Gasteiger charge is -2.30. The van der Waals surface area contributed by atoms with Crippen molar-refractivity contribution in [2.24, 2.45) is 11.8 Å². The summed E-state index contributed by atoms with van der Waals surface area (Å²) in [5.74, 6) is 0.952. The van der Waals surface area contributed by atoms with Crippen LogP contribution in [-0.2, 0) is 0 Å². The van der Waals surface area contributed by atoms with Gasteiger partial charge in [-0.1, -0.05) is 30.7 Å². The maximum absolute atomic E-state index is 9.46. The summed E-state index contributed by atoms with van der Waals surface area (Å²) in [6.45, 7) is 4.39. The van der Waals surface area contributed by atoms with Crippen LogP contribution < -0.4 is 5.32 Å². The van der Waals surface area contributed by atoms with Crippen LogP contribution in [0.2, 0.25) is 0 Å². The third-order valence-corrected chi connectivity index (χ3v) is 4.31. The molecule has 0 fully saturated rings. The number of halogens is 1. The summed E-state index contributed by atoms with van der Waals surface area (Å²) in [6, 6.07) is 10.3. The van der Waals surface area contributed by atoms with Crippen molar-refractivity contribution >= 4 is 21.6 Å². The minimum absolute atomic E-state index is 0.134. The molecular formula is C16H19BrN2. The first-order chi connectivity index (χ1) is 9.10. The Morgan fingerprint density at radius 2 is 2.16 bits per heavy atom. The van der Waals surface area contributed by atoms with Crippen molar-refractivity contribution in [3.8, 4) is 6.07 Å². The first-order valence-corrected chi connectivity index (χ1v) is 7.47. The molecule has 0 aliphatic heterocycles. The smallest absolute Gasteiger partial charge is 0.117 e. The van der Waals surface area contributed by atoms with Gasteiger partial charge in [0.05, 0.1) is 6.07 Å². The zero-order valence-electron chi connectivity index (χ0n) is 11.4. The highest BCUT2D eigenvalue weighted by molar-refractivity contribution is 9.10. The Bertz CT molecular complexity index is 516. The number of hydrogen-bond donors (Lipinski definition) is 1. The predicted molar refractivity (Wildman–Crippen MR) is 82.8 cm³/mol. The fourth-order valence-electron chi connectivity index (χ4n) is 2.85. The molecule has 0 saturated carbocycles. The largest absolute Gasteiger partial charge is 0.369 e. The number of hydrogen-bond acceptors (Lipinski definition) is 2. The third-order valence-electron chi connectivity index (χ3n) is 3.62. The Morgan fingerprint density at radius 1 is 1.42 bits per heavy atom. The highest BCUT2D eigenvalue weighted by Crippen LogP contribution is 2.32. The van der Waals surface area contributed by atoms with Gasteiger partial charge in [0, 0.05) is 10.2 Å². The summed E-state index contributed by atoms with van der Waals surface area (Å²) in [5.41, 5.74) is 2.40. The van der Waals surface area contributed by atoms with Gasteiger partial charge >= 0.3 is 0 Å². The van der Waals surface area contributed by atoms with E-state index in [1.54, 1.807) is 0 Å². The van der Waals surface area contributed by atoms with Gasteiger partial charge in [0.1, 0.15) is 6.04 Å². The van der Waals surface area contributed by atoms with Gasteiger partial charge in [-0.2, -0.15) is 5.26 Å². The summed E-state index contributed by atoms with van der Waals surface area (Å²) < 4.78 is 1.01. The molecule has 0 saturated heterocycles. The van der Waals surface area contributed by atoms with Gasteiger partial charge in [0.15, 0.2) is 0 Å². The quantitative estimate of drug-likeness (QED) is 0.816. The fraction of sp³-hybridized carbons (Fsp3) is 0.438. The Balaban J connectivity index is 2.12. The van der Waals surface area contributed by atoms with Crippen LogP contribution in [0.15, 0.2) is 40.4 Å². The lowest BCUT2D eigenvalue weighted by Crippen LogP contribution is -2.31. The number of anilines is 1. The van der Waals surface area contributed by atoms with Crippen molar-refractivity contribution in [2.75, 3.05) is 5.32 Å². The summed E-state index contributed by atoms with van der Waals surface area (Å²) in [7, 11) is 0. The van der Waals surface area contributed by atoms with Gasteiger partial charge in [0.25, 0.3) is 0 Å². The van der Waals surface area contributed by atoms with Gasteiger partial charge in [-0.25, -0.2) is 0 Å². The van der Waals surface area contributed by atoms with Crippen molar-refractivity contribution in [3.63, 3.8) is 0 Å². The number of para-hydroxylation sites is 1. The van der Waals surface area contributed by atoms with E-state index in [9.17, 15) is 5.26 Å². The van der Waals surface area contributed by atoms with Crippen LogP contribution >= 0.6 is 15.9 Å². The van der Waals surface area contributed by atoms with Crippen LogP contribution in [-0.4, -0.2) is 6.04 Å². The van der Waals surface area contributed by atoms with Crippen LogP contribution in [0.3, 0.4) is 0 Å². The minimum atomic E-state index is -0.134. The highest BCUT2D eigenvalue weighted by atomic mass is 79.9. The third kappa shape index (κ3) is 3.61. The second-order valence-electron chi connectivity index (χ2n) is 5.42. The lowest BCUT2D eigenvalue weighted by molar-refractivity contribution is 0.388. The van der Waals surface area contributed by atoms with Crippen LogP contribution in [0.25, 0.3) is 0 Å². The SMILES string of the molecule is CC1=CC(C)CC(C(C#N)Nc2ccccc2Br)C1. The van der Waals surface area contributed by atoms with Crippen molar-refractivity contribution in [2.45, 2.75) is 32.7 Å². The molecule has 100 valence electrons. The molecule has 0 bridgehead atoms. The second-order valence-corrected chi connectivity index (χ2v) is 6.28. The number of nitrogens with one attached hydrogen (secondary N) is 1. The van der Waals surface area contributed by atoms with E-state index in [0.29, 0.717) is 11.8 Å². The number of nitrogens with zero attached hydrogens (tertiary/aromatic N) is 1. The number of rotatable bonds is 3. The lowest BCUT2D eigenvalue weighted by atomic mass is 9.80. The topological polar surface area (TPSA) is 35.8 Å². The average molecular weight is 319 g/mol. The monoisotopic (exact) mass is 318 g/mol. The molecule has 0 heterocycles. The number of allylic oxidation sites excluding steroid dienone is 2. The van der Waals surface area contributed by atoms with E-state index in [0.717, 1.165) is 23.0 Å². The highest BCUT2D eigenvalue weighted by Gasteiger charge is 2.26. The minimum Gasteiger partial charge on any atom is -0.369 e. The maximum Gasteiger partial charge on any atom is 0.117 e. The molecule has 0 aromatic heterocycles. The van der Waals surface area contributed by atoms with E-state index < -0.39 is 0 Å². The summed E-state index contributed by atoms with van der Waals surface area (Å²) in [6.07, 6.45) is 4.41. The molecular weight excluding hydrogens is 300 g/mol. The Hall–Kier alpha value is -1.27. The molecule has 2 nitrogen and oxygen atoms in total. The molecule has 3 unspecified atom stereocenters. The Labute approximate surface area is 123 Å². The van der Waals surface area contributed by atoms with Crippen LogP contribution in [0.5, 0.6) is 0 Å². The zero-order valence-corrected chi connectivity index (χ0v) is 12.9. The van der Waals surface area contributed by atoms with E-state index in [1.807, 2.05) is 24.3 Å². The summed E-state index contributed by atoms with van der Waals surface area (Å²) in [4.78, 5) is 0. The van der Waals surface area contributed by atoms with Gasteiger partial charge in [-0.05, 0) is 59.7 Å². The van der Waals surface area contributed by atoms with Crippen molar-refractivity contribution in [3.05, 3.63) is 40.4 Å². The van der Waals surface area contributed by atoms with Crippen LogP contribution in [0.1, 0.15) is 26.7 Å². The number of benzene rings is 1. The molecule has 1 aromatic carbocycles. The number of nitriles is 1.